The second-order valence-corrected chi connectivity index (χ2v) is 7.46. The molecule has 0 bridgehead atoms. The Labute approximate surface area is 173 Å². The number of benzene rings is 3. The molecule has 1 aliphatic heterocycles. The molecular formula is C23H17Cl2NO2. The van der Waals surface area contributed by atoms with Gasteiger partial charge in [0.15, 0.2) is 5.75 Å². The fourth-order valence-electron chi connectivity index (χ4n) is 3.09. The van der Waals surface area contributed by atoms with Crippen molar-refractivity contribution in [2.45, 2.75) is 13.5 Å². The number of carbonyl (C=O) groups is 1. The topological polar surface area (TPSA) is 38.3 Å². The van der Waals surface area contributed by atoms with Crippen molar-refractivity contribution < 1.29 is 9.53 Å². The molecule has 1 aliphatic rings. The molecule has 4 rings (SSSR count). The second-order valence-electron chi connectivity index (χ2n) is 6.65. The zero-order chi connectivity index (χ0) is 19.7. The molecule has 0 saturated heterocycles. The number of amides is 1. The van der Waals surface area contributed by atoms with E-state index in [1.807, 2.05) is 55.5 Å². The molecule has 0 spiro atoms. The van der Waals surface area contributed by atoms with Gasteiger partial charge in [-0.3, -0.25) is 4.79 Å². The van der Waals surface area contributed by atoms with Crippen molar-refractivity contribution in [3.05, 3.63) is 93.0 Å². The largest absolute Gasteiger partial charge is 0.486 e. The van der Waals surface area contributed by atoms with E-state index in [1.165, 1.54) is 5.56 Å². The van der Waals surface area contributed by atoms with Gasteiger partial charge in [0.2, 0.25) is 0 Å². The summed E-state index contributed by atoms with van der Waals surface area (Å²) in [5.41, 5.74) is 5.20. The minimum absolute atomic E-state index is 0.145. The summed E-state index contributed by atoms with van der Waals surface area (Å²) in [6.07, 6.45) is 1.78. The van der Waals surface area contributed by atoms with Gasteiger partial charge in [0.1, 0.15) is 6.61 Å². The highest BCUT2D eigenvalue weighted by molar-refractivity contribution is 6.38. The number of fused-ring (bicyclic) bond motifs is 1. The van der Waals surface area contributed by atoms with Crippen molar-refractivity contribution >= 4 is 46.4 Å². The number of carbonyl (C=O) groups excluding carboxylic acids is 1. The summed E-state index contributed by atoms with van der Waals surface area (Å²) >= 11 is 12.8. The highest BCUT2D eigenvalue weighted by Crippen LogP contribution is 2.37. The van der Waals surface area contributed by atoms with Crippen LogP contribution in [-0.4, -0.2) is 5.91 Å². The van der Waals surface area contributed by atoms with E-state index in [-0.39, 0.29) is 5.91 Å². The smallest absolute Gasteiger partial charge is 0.256 e. The number of aryl methyl sites for hydroxylation is 1. The monoisotopic (exact) mass is 409 g/mol. The number of nitrogens with one attached hydrogen (secondary N) is 1. The van der Waals surface area contributed by atoms with Gasteiger partial charge in [-0.05, 0) is 42.3 Å². The van der Waals surface area contributed by atoms with Gasteiger partial charge in [-0.15, -0.1) is 0 Å². The van der Waals surface area contributed by atoms with Gasteiger partial charge < -0.3 is 10.1 Å². The lowest BCUT2D eigenvalue weighted by Gasteiger charge is -2.11. The Balaban J connectivity index is 1.59. The fourth-order valence-corrected chi connectivity index (χ4v) is 3.70. The summed E-state index contributed by atoms with van der Waals surface area (Å²) in [6, 6.07) is 19.1. The van der Waals surface area contributed by atoms with Gasteiger partial charge >= 0.3 is 0 Å². The van der Waals surface area contributed by atoms with Crippen molar-refractivity contribution in [2.75, 3.05) is 5.32 Å². The normalized spacial score (nSPS) is 14.1. The van der Waals surface area contributed by atoms with Gasteiger partial charge in [-0.25, -0.2) is 0 Å². The molecule has 1 heterocycles. The van der Waals surface area contributed by atoms with Crippen LogP contribution >= 0.6 is 23.2 Å². The Hall–Kier alpha value is -2.75. The molecule has 3 aromatic rings. The first-order valence-corrected chi connectivity index (χ1v) is 9.57. The number of ether oxygens (including phenoxy) is 1. The third-order valence-electron chi connectivity index (χ3n) is 4.55. The van der Waals surface area contributed by atoms with Crippen molar-refractivity contribution in [1.82, 2.24) is 0 Å². The first kappa shape index (κ1) is 18.6. The molecule has 1 N–H and O–H groups in total. The predicted octanol–water partition coefficient (Wildman–Crippen LogP) is 6.37. The molecule has 140 valence electrons. The average molecular weight is 410 g/mol. The summed E-state index contributed by atoms with van der Waals surface area (Å²) in [7, 11) is 0. The van der Waals surface area contributed by atoms with Gasteiger partial charge in [0, 0.05) is 16.8 Å². The maximum atomic E-state index is 12.3. The molecule has 3 nitrogen and oxygen atoms in total. The molecule has 0 atom stereocenters. The number of hydrogen-bond donors (Lipinski definition) is 1. The van der Waals surface area contributed by atoms with Crippen molar-refractivity contribution in [3.8, 4) is 5.75 Å². The minimum atomic E-state index is -0.145. The van der Waals surface area contributed by atoms with Crippen LogP contribution < -0.4 is 10.1 Å². The van der Waals surface area contributed by atoms with Crippen LogP contribution in [0.5, 0.6) is 5.75 Å². The molecule has 5 heteroatoms. The fraction of sp³-hybridized carbons (Fsp3) is 0.0870. The standard InChI is InChI=1S/C23H17Cl2NO2/c1-14-6-8-15(9-7-14)13-28-22-19(24)11-16(12-20(22)25)10-18-17-4-2-3-5-21(17)26-23(18)27/h2-12H,13H2,1H3,(H,26,27)/b18-10+. The average Bonchev–Trinajstić information content (AvgIpc) is 2.98. The lowest BCUT2D eigenvalue weighted by Crippen LogP contribution is -2.03. The van der Waals surface area contributed by atoms with E-state index in [0.29, 0.717) is 28.0 Å². The first-order chi connectivity index (χ1) is 13.5. The number of rotatable bonds is 4. The summed E-state index contributed by atoms with van der Waals surface area (Å²) < 4.78 is 5.83. The quantitative estimate of drug-likeness (QED) is 0.508. The molecular weight excluding hydrogens is 393 g/mol. The maximum absolute atomic E-state index is 12.3. The van der Waals surface area contributed by atoms with E-state index in [4.69, 9.17) is 27.9 Å². The van der Waals surface area contributed by atoms with Crippen molar-refractivity contribution in [2.24, 2.45) is 0 Å². The van der Waals surface area contributed by atoms with Crippen molar-refractivity contribution in [1.29, 1.82) is 0 Å². The molecule has 0 aromatic heterocycles. The van der Waals surface area contributed by atoms with Crippen LogP contribution in [0.15, 0.2) is 60.7 Å². The summed E-state index contributed by atoms with van der Waals surface area (Å²) in [4.78, 5) is 12.3. The molecule has 0 fully saturated rings. The lowest BCUT2D eigenvalue weighted by molar-refractivity contribution is -0.110. The van der Waals surface area contributed by atoms with E-state index in [0.717, 1.165) is 22.4 Å². The van der Waals surface area contributed by atoms with Crippen LogP contribution in [0.3, 0.4) is 0 Å². The molecule has 0 saturated carbocycles. The molecule has 1 amide bonds. The van der Waals surface area contributed by atoms with Gasteiger partial charge in [-0.2, -0.15) is 0 Å². The van der Waals surface area contributed by atoms with Crippen LogP contribution in [0.4, 0.5) is 5.69 Å². The summed E-state index contributed by atoms with van der Waals surface area (Å²) in [5.74, 6) is 0.287. The van der Waals surface area contributed by atoms with Crippen molar-refractivity contribution in [3.63, 3.8) is 0 Å². The van der Waals surface area contributed by atoms with E-state index in [9.17, 15) is 4.79 Å². The van der Waals surface area contributed by atoms with Gasteiger partial charge in [-0.1, -0.05) is 71.2 Å². The summed E-state index contributed by atoms with van der Waals surface area (Å²) in [5, 5.41) is 3.65. The molecule has 0 unspecified atom stereocenters. The Kier molecular flexibility index (Phi) is 5.12. The number of para-hydroxylation sites is 1. The van der Waals surface area contributed by atoms with Crippen LogP contribution in [0, 0.1) is 6.92 Å². The number of hydrogen-bond acceptors (Lipinski definition) is 2. The Morgan fingerprint density at radius 2 is 1.68 bits per heavy atom. The molecule has 0 radical (unpaired) electrons. The third kappa shape index (κ3) is 3.77. The van der Waals surface area contributed by atoms with E-state index in [2.05, 4.69) is 5.32 Å². The van der Waals surface area contributed by atoms with Crippen LogP contribution in [0.2, 0.25) is 10.0 Å². The highest BCUT2D eigenvalue weighted by atomic mass is 35.5. The minimum Gasteiger partial charge on any atom is -0.486 e. The zero-order valence-corrected chi connectivity index (χ0v) is 16.6. The lowest BCUT2D eigenvalue weighted by atomic mass is 10.0. The van der Waals surface area contributed by atoms with E-state index in [1.54, 1.807) is 18.2 Å². The third-order valence-corrected chi connectivity index (χ3v) is 5.11. The molecule has 0 aliphatic carbocycles. The Morgan fingerprint density at radius 1 is 1.00 bits per heavy atom. The SMILES string of the molecule is Cc1ccc(COc2c(Cl)cc(/C=C3/C(=O)Nc4ccccc43)cc2Cl)cc1. The Bertz CT molecular complexity index is 1070. The second kappa shape index (κ2) is 7.70. The first-order valence-electron chi connectivity index (χ1n) is 8.81. The number of anilines is 1. The molecule has 3 aromatic carbocycles. The van der Waals surface area contributed by atoms with Crippen LogP contribution in [-0.2, 0) is 11.4 Å². The molecule has 28 heavy (non-hydrogen) atoms. The predicted molar refractivity (Wildman–Crippen MR) is 115 cm³/mol. The van der Waals surface area contributed by atoms with Gasteiger partial charge in [0.25, 0.3) is 5.91 Å². The van der Waals surface area contributed by atoms with Crippen LogP contribution in [0.25, 0.3) is 11.6 Å². The maximum Gasteiger partial charge on any atom is 0.256 e. The van der Waals surface area contributed by atoms with E-state index >= 15 is 0 Å². The Morgan fingerprint density at radius 3 is 2.39 bits per heavy atom. The highest BCUT2D eigenvalue weighted by Gasteiger charge is 2.23. The summed E-state index contributed by atoms with van der Waals surface area (Å²) in [6.45, 7) is 2.41. The van der Waals surface area contributed by atoms with Crippen LogP contribution in [0.1, 0.15) is 22.3 Å². The van der Waals surface area contributed by atoms with E-state index < -0.39 is 0 Å². The van der Waals surface area contributed by atoms with Gasteiger partial charge in [0.05, 0.1) is 10.0 Å². The zero-order valence-electron chi connectivity index (χ0n) is 15.1. The number of halogens is 2.